The maximum atomic E-state index is 12.0. The third-order valence-electron chi connectivity index (χ3n) is 5.21. The number of halogens is 3. The Kier molecular flexibility index (Phi) is 8.11. The summed E-state index contributed by atoms with van der Waals surface area (Å²) in [5, 5.41) is 1.000. The van der Waals surface area contributed by atoms with Crippen LogP contribution in [0.25, 0.3) is 0 Å². The molecule has 3 aromatic rings. The molecule has 0 unspecified atom stereocenters. The number of carbonyl (C=O) groups excluding carboxylic acids is 3. The number of benzene rings is 3. The monoisotopic (exact) mass is 534 g/mol. The lowest BCUT2D eigenvalue weighted by Crippen LogP contribution is -2.29. The van der Waals surface area contributed by atoms with Crippen LogP contribution in [0.3, 0.4) is 0 Å². The molecule has 35 heavy (non-hydrogen) atoms. The number of hydrogen-bond donors (Lipinski definition) is 0. The van der Waals surface area contributed by atoms with Gasteiger partial charge in [-0.05, 0) is 43.3 Å². The molecule has 9 heteroatoms. The lowest BCUT2D eigenvalue weighted by atomic mass is 9.70. The van der Waals surface area contributed by atoms with Gasteiger partial charge >= 0.3 is 17.9 Å². The summed E-state index contributed by atoms with van der Waals surface area (Å²) in [7, 11) is 0. The lowest BCUT2D eigenvalue weighted by Gasteiger charge is -2.35. The van der Waals surface area contributed by atoms with Gasteiger partial charge in [-0.1, -0.05) is 53.0 Å². The molecule has 0 bridgehead atoms. The van der Waals surface area contributed by atoms with Gasteiger partial charge in [-0.3, -0.25) is 14.4 Å². The van der Waals surface area contributed by atoms with E-state index in [0.717, 1.165) is 0 Å². The predicted octanol–water partition coefficient (Wildman–Crippen LogP) is 6.78. The van der Waals surface area contributed by atoms with E-state index < -0.39 is 23.3 Å². The summed E-state index contributed by atoms with van der Waals surface area (Å²) < 4.78 is 16.5. The molecule has 0 aliphatic carbocycles. The van der Waals surface area contributed by atoms with Crippen LogP contribution >= 0.6 is 34.8 Å². The van der Waals surface area contributed by atoms with Gasteiger partial charge in [0, 0.05) is 52.5 Å². The van der Waals surface area contributed by atoms with E-state index in [1.54, 1.807) is 43.3 Å². The molecule has 0 amide bonds. The number of hydrogen-bond acceptors (Lipinski definition) is 6. The van der Waals surface area contributed by atoms with Crippen molar-refractivity contribution in [3.8, 4) is 17.2 Å². The molecular weight excluding hydrogens is 515 g/mol. The molecule has 0 atom stereocenters. The minimum absolute atomic E-state index is 0.167. The minimum atomic E-state index is -1.22. The Morgan fingerprint density at radius 3 is 1.06 bits per heavy atom. The number of rotatable bonds is 6. The Hall–Kier alpha value is -3.06. The van der Waals surface area contributed by atoms with Gasteiger partial charge in [0.25, 0.3) is 0 Å². The maximum absolute atomic E-state index is 12.0. The topological polar surface area (TPSA) is 78.9 Å². The summed E-state index contributed by atoms with van der Waals surface area (Å²) in [6, 6.07) is 14.4. The van der Waals surface area contributed by atoms with E-state index in [1.165, 1.54) is 39.0 Å². The zero-order valence-corrected chi connectivity index (χ0v) is 21.5. The smallest absolute Gasteiger partial charge is 0.308 e. The molecule has 6 nitrogen and oxygen atoms in total. The summed E-state index contributed by atoms with van der Waals surface area (Å²) in [4.78, 5) is 35.9. The SMILES string of the molecule is CC(=O)Oc1cc(Cl)ccc1C(C)(c1ccc(Cl)cc1OC(C)=O)c1ccc(Cl)cc1OC(C)=O. The van der Waals surface area contributed by atoms with E-state index in [1.807, 2.05) is 0 Å². The van der Waals surface area contributed by atoms with Crippen molar-refractivity contribution >= 4 is 52.7 Å². The standard InChI is InChI=1S/C26H21Cl3O6/c1-14(30)33-23-11-17(27)5-8-20(23)26(4,21-9-6-18(28)12-24(21)34-15(2)31)22-10-7-19(29)13-25(22)35-16(3)32/h5-13H,1-4H3. The highest BCUT2D eigenvalue weighted by Gasteiger charge is 2.40. The molecule has 0 spiro atoms. The van der Waals surface area contributed by atoms with E-state index >= 15 is 0 Å². The predicted molar refractivity (Wildman–Crippen MR) is 134 cm³/mol. The largest absolute Gasteiger partial charge is 0.426 e. The van der Waals surface area contributed by atoms with Crippen molar-refractivity contribution in [1.82, 2.24) is 0 Å². The first-order valence-electron chi connectivity index (χ1n) is 10.4. The van der Waals surface area contributed by atoms with Crippen LogP contribution in [0.4, 0.5) is 0 Å². The van der Waals surface area contributed by atoms with Gasteiger partial charge in [0.15, 0.2) is 0 Å². The number of carbonyl (C=O) groups is 3. The first-order chi connectivity index (χ1) is 16.4. The van der Waals surface area contributed by atoms with Gasteiger partial charge in [-0.15, -0.1) is 0 Å². The van der Waals surface area contributed by atoms with Crippen LogP contribution in [0.5, 0.6) is 17.2 Å². The Balaban J connectivity index is 2.48. The molecule has 0 aromatic heterocycles. The van der Waals surface area contributed by atoms with E-state index in [9.17, 15) is 14.4 Å². The fourth-order valence-electron chi connectivity index (χ4n) is 3.88. The normalized spacial score (nSPS) is 11.1. The first kappa shape index (κ1) is 26.5. The molecular formula is C26H21Cl3O6. The van der Waals surface area contributed by atoms with Crippen LogP contribution in [0, 0.1) is 0 Å². The van der Waals surface area contributed by atoms with Gasteiger partial charge in [0.1, 0.15) is 17.2 Å². The minimum Gasteiger partial charge on any atom is -0.426 e. The van der Waals surface area contributed by atoms with Crippen molar-refractivity contribution < 1.29 is 28.6 Å². The second-order valence-electron chi connectivity index (χ2n) is 7.83. The molecule has 0 aliphatic heterocycles. The Morgan fingerprint density at radius 1 is 0.571 bits per heavy atom. The fraction of sp³-hybridized carbons (Fsp3) is 0.192. The summed E-state index contributed by atoms with van der Waals surface area (Å²) >= 11 is 18.7. The van der Waals surface area contributed by atoms with Crippen molar-refractivity contribution in [3.63, 3.8) is 0 Å². The zero-order chi connectivity index (χ0) is 25.9. The Labute approximate surface area is 217 Å². The van der Waals surface area contributed by atoms with Crippen molar-refractivity contribution in [2.45, 2.75) is 33.1 Å². The van der Waals surface area contributed by atoms with E-state index in [2.05, 4.69) is 0 Å². The van der Waals surface area contributed by atoms with Crippen LogP contribution in [0.1, 0.15) is 44.4 Å². The third kappa shape index (κ3) is 5.96. The maximum Gasteiger partial charge on any atom is 0.308 e. The summed E-state index contributed by atoms with van der Waals surface area (Å²) in [5.74, 6) is -1.20. The van der Waals surface area contributed by atoms with E-state index in [4.69, 9.17) is 49.0 Å². The van der Waals surface area contributed by atoms with E-state index in [0.29, 0.717) is 31.8 Å². The number of esters is 3. The van der Waals surface area contributed by atoms with Gasteiger partial charge in [0.2, 0.25) is 0 Å². The van der Waals surface area contributed by atoms with Crippen LogP contribution in [-0.2, 0) is 19.8 Å². The molecule has 3 rings (SSSR count). The summed E-state index contributed by atoms with van der Waals surface area (Å²) in [6.45, 7) is 5.60. The molecule has 0 N–H and O–H groups in total. The van der Waals surface area contributed by atoms with Crippen LogP contribution in [-0.4, -0.2) is 17.9 Å². The van der Waals surface area contributed by atoms with Crippen molar-refractivity contribution in [2.75, 3.05) is 0 Å². The van der Waals surface area contributed by atoms with Crippen molar-refractivity contribution in [2.24, 2.45) is 0 Å². The van der Waals surface area contributed by atoms with Gasteiger partial charge in [-0.2, -0.15) is 0 Å². The van der Waals surface area contributed by atoms with Gasteiger partial charge < -0.3 is 14.2 Å². The Morgan fingerprint density at radius 2 is 0.829 bits per heavy atom. The van der Waals surface area contributed by atoms with Crippen LogP contribution < -0.4 is 14.2 Å². The molecule has 3 aromatic carbocycles. The number of ether oxygens (including phenoxy) is 3. The van der Waals surface area contributed by atoms with Gasteiger partial charge in [0.05, 0.1) is 5.41 Å². The average molecular weight is 536 g/mol. The molecule has 182 valence electrons. The Bertz CT molecular complexity index is 1160. The highest BCUT2D eigenvalue weighted by Crippen LogP contribution is 2.50. The fourth-order valence-corrected chi connectivity index (χ4v) is 4.37. The molecule has 0 aliphatic rings. The first-order valence-corrected chi connectivity index (χ1v) is 11.5. The third-order valence-corrected chi connectivity index (χ3v) is 5.91. The highest BCUT2D eigenvalue weighted by atomic mass is 35.5. The van der Waals surface area contributed by atoms with Crippen LogP contribution in [0.2, 0.25) is 15.1 Å². The molecule has 0 saturated carbocycles. The van der Waals surface area contributed by atoms with Crippen LogP contribution in [0.15, 0.2) is 54.6 Å². The molecule has 0 saturated heterocycles. The zero-order valence-electron chi connectivity index (χ0n) is 19.3. The lowest BCUT2D eigenvalue weighted by molar-refractivity contribution is -0.132. The molecule has 0 radical (unpaired) electrons. The van der Waals surface area contributed by atoms with Gasteiger partial charge in [-0.25, -0.2) is 0 Å². The molecule has 0 fully saturated rings. The highest BCUT2D eigenvalue weighted by molar-refractivity contribution is 6.31. The molecule has 0 heterocycles. The second kappa shape index (κ2) is 10.7. The van der Waals surface area contributed by atoms with Crippen molar-refractivity contribution in [1.29, 1.82) is 0 Å². The quantitative estimate of drug-likeness (QED) is 0.197. The van der Waals surface area contributed by atoms with Crippen molar-refractivity contribution in [3.05, 3.63) is 86.4 Å². The average Bonchev–Trinajstić information content (AvgIpc) is 2.72. The summed E-state index contributed by atoms with van der Waals surface area (Å²) in [6.07, 6.45) is 0. The second-order valence-corrected chi connectivity index (χ2v) is 9.14. The van der Waals surface area contributed by atoms with E-state index in [-0.39, 0.29) is 17.2 Å². The summed E-state index contributed by atoms with van der Waals surface area (Å²) in [5.41, 5.74) is 0.204.